The van der Waals surface area contributed by atoms with Crippen LogP contribution in [0.25, 0.3) is 22.3 Å². The molecule has 3 fully saturated rings. The highest BCUT2D eigenvalue weighted by Gasteiger charge is 2.57. The molecule has 24 heteroatoms. The highest BCUT2D eigenvalue weighted by atomic mass is 32.7. The van der Waals surface area contributed by atoms with Crippen LogP contribution in [0.4, 0.5) is 16.2 Å². The minimum Gasteiger partial charge on any atom is -0.382 e. The molecule has 4 aromatic rings. The molecule has 3 aliphatic rings. The molecular formula is C20H23FN10O9P2S2. The van der Waals surface area contributed by atoms with Gasteiger partial charge >= 0.3 is 13.6 Å². The summed E-state index contributed by atoms with van der Waals surface area (Å²) in [4.78, 5) is 34.8. The van der Waals surface area contributed by atoms with Crippen LogP contribution in [0.15, 0.2) is 23.8 Å². The summed E-state index contributed by atoms with van der Waals surface area (Å²) in [6.07, 6.45) is -2.45. The van der Waals surface area contributed by atoms with Crippen LogP contribution >= 0.6 is 38.1 Å². The number of nitrogens with two attached hydrogens (primary N) is 2. The fourth-order valence-corrected chi connectivity index (χ4v) is 8.30. The van der Waals surface area contributed by atoms with Crippen molar-refractivity contribution in [2.45, 2.75) is 42.9 Å². The number of nitrogen functional groups attached to an aromatic ring is 2. The van der Waals surface area contributed by atoms with Crippen molar-refractivity contribution in [3.8, 4) is 0 Å². The summed E-state index contributed by atoms with van der Waals surface area (Å²) >= 11 is 8.19. The summed E-state index contributed by atoms with van der Waals surface area (Å²) in [5, 5.41) is 0. The predicted octanol–water partition coefficient (Wildman–Crippen LogP) is 1.33. The van der Waals surface area contributed by atoms with Gasteiger partial charge in [0.2, 0.25) is 11.7 Å². The highest BCUT2D eigenvalue weighted by Crippen LogP contribution is 2.60. The summed E-state index contributed by atoms with van der Waals surface area (Å²) in [7, 11) is 0. The zero-order valence-corrected chi connectivity index (χ0v) is 25.7. The number of imidazole rings is 2. The molecule has 3 saturated heterocycles. The number of hydrogen-bond donors (Lipinski definition) is 5. The monoisotopic (exact) mass is 692 g/mol. The number of rotatable bonds is 2. The zero-order chi connectivity index (χ0) is 31.0. The standard InChI is InChI=1S/C20H23FN10O9P2S2/c21-20(31-7-27-11-14(22)24-5-25-15(11)31)4-35-10-3-37-41(33,43)39-9-1-8(2-36-42(34,44)40-13(10)20)38-18(9)30-6-26-12-16(30)28-19(23)29-17(12)32/h5-10,13,18H,1-4H2,(H,33,43)(H,34,44)(H2,22,24,25)(H3,23,28,29,32)/t8-,9+,10+,13-,18+,20+,41?,42?/m0/s1. The van der Waals surface area contributed by atoms with E-state index < -0.39 is 68.8 Å². The molecule has 4 aromatic heterocycles. The Morgan fingerprint density at radius 1 is 1.00 bits per heavy atom. The van der Waals surface area contributed by atoms with Crippen molar-refractivity contribution in [3.63, 3.8) is 0 Å². The van der Waals surface area contributed by atoms with E-state index in [-0.39, 0.29) is 47.1 Å². The van der Waals surface area contributed by atoms with E-state index in [2.05, 4.69) is 54.4 Å². The first-order chi connectivity index (χ1) is 20.8. The number of aromatic nitrogens is 8. The van der Waals surface area contributed by atoms with Gasteiger partial charge in [0, 0.05) is 6.42 Å². The molecule has 0 radical (unpaired) electrons. The van der Waals surface area contributed by atoms with Crippen LogP contribution in [0, 0.1) is 0 Å². The average Bonchev–Trinajstić information content (AvgIpc) is 3.72. The van der Waals surface area contributed by atoms with Crippen molar-refractivity contribution in [2.24, 2.45) is 0 Å². The van der Waals surface area contributed by atoms with Gasteiger partial charge in [0.05, 0.1) is 32.0 Å². The predicted molar refractivity (Wildman–Crippen MR) is 154 cm³/mol. The van der Waals surface area contributed by atoms with E-state index in [0.29, 0.717) is 0 Å². The van der Waals surface area contributed by atoms with Gasteiger partial charge in [-0.3, -0.25) is 37.0 Å². The second-order valence-corrected chi connectivity index (χ2v) is 15.8. The largest absolute Gasteiger partial charge is 0.386 e. The molecule has 5 N–H and O–H groups in total. The first kappa shape index (κ1) is 30.0. The van der Waals surface area contributed by atoms with Crippen molar-refractivity contribution in [1.82, 2.24) is 39.0 Å². The maximum atomic E-state index is 16.9. The summed E-state index contributed by atoms with van der Waals surface area (Å²) in [6, 6.07) is 0. The van der Waals surface area contributed by atoms with Crippen LogP contribution in [-0.4, -0.2) is 83.3 Å². The maximum Gasteiger partial charge on any atom is 0.386 e. The van der Waals surface area contributed by atoms with Gasteiger partial charge in [-0.05, 0) is 0 Å². The molecule has 236 valence electrons. The Labute approximate surface area is 255 Å². The average molecular weight is 693 g/mol. The number of anilines is 2. The van der Waals surface area contributed by atoms with Crippen LogP contribution in [0.2, 0.25) is 0 Å². The van der Waals surface area contributed by atoms with Crippen molar-refractivity contribution < 1.29 is 41.1 Å². The Bertz CT molecular complexity index is 1930. The Hall–Kier alpha value is -2.65. The summed E-state index contributed by atoms with van der Waals surface area (Å²) in [5.74, 6) is -2.75. The number of alkyl halides is 1. The molecule has 0 aromatic carbocycles. The highest BCUT2D eigenvalue weighted by molar-refractivity contribution is 8.44. The third-order valence-electron chi connectivity index (χ3n) is 7.25. The van der Waals surface area contributed by atoms with Gasteiger partial charge in [0.25, 0.3) is 5.56 Å². The number of hydrogen-bond acceptors (Lipinski definition) is 16. The number of nitrogens with one attached hydrogen (secondary N) is 1. The minimum atomic E-state index is -4.35. The van der Waals surface area contributed by atoms with Crippen molar-refractivity contribution in [3.05, 3.63) is 29.3 Å². The van der Waals surface area contributed by atoms with Crippen LogP contribution in [0.3, 0.4) is 0 Å². The molecule has 0 spiro atoms. The molecule has 2 unspecified atom stereocenters. The summed E-state index contributed by atoms with van der Waals surface area (Å²) < 4.78 is 80.4. The van der Waals surface area contributed by atoms with Gasteiger partial charge in [-0.2, -0.15) is 4.98 Å². The second-order valence-electron chi connectivity index (χ2n) is 10.1. The number of fused-ring (bicyclic) bond motifs is 5. The van der Waals surface area contributed by atoms with Gasteiger partial charge in [0.15, 0.2) is 35.0 Å². The first-order valence-electron chi connectivity index (χ1n) is 12.8. The van der Waals surface area contributed by atoms with Crippen LogP contribution in [0.1, 0.15) is 12.6 Å². The molecular weight excluding hydrogens is 669 g/mol. The normalized spacial score (nSPS) is 36.6. The van der Waals surface area contributed by atoms with Crippen LogP contribution in [0.5, 0.6) is 0 Å². The quantitative estimate of drug-likeness (QED) is 0.147. The number of aromatic amines is 1. The Kier molecular flexibility index (Phi) is 7.31. The molecule has 0 aliphatic carbocycles. The molecule has 7 rings (SSSR count). The lowest BCUT2D eigenvalue weighted by Crippen LogP contribution is -2.45. The van der Waals surface area contributed by atoms with E-state index in [1.54, 1.807) is 0 Å². The lowest BCUT2D eigenvalue weighted by molar-refractivity contribution is -0.0570. The molecule has 19 nitrogen and oxygen atoms in total. The van der Waals surface area contributed by atoms with Crippen LogP contribution in [-0.2, 0) is 42.5 Å². The summed E-state index contributed by atoms with van der Waals surface area (Å²) in [5.41, 5.74) is 11.1. The van der Waals surface area contributed by atoms with Gasteiger partial charge in [-0.15, -0.1) is 0 Å². The van der Waals surface area contributed by atoms with E-state index in [9.17, 15) is 13.9 Å². The lowest BCUT2D eigenvalue weighted by Gasteiger charge is -2.31. The molecule has 0 amide bonds. The fraction of sp³-hybridized carbons (Fsp3) is 0.500. The Morgan fingerprint density at radius 3 is 2.57 bits per heavy atom. The van der Waals surface area contributed by atoms with Gasteiger partial charge in [0.1, 0.15) is 30.7 Å². The third-order valence-corrected chi connectivity index (χ3v) is 10.5. The molecule has 0 saturated carbocycles. The van der Waals surface area contributed by atoms with Crippen molar-refractivity contribution >= 4 is 72.2 Å². The smallest absolute Gasteiger partial charge is 0.382 e. The Balaban J connectivity index is 1.21. The molecule has 7 heterocycles. The maximum absolute atomic E-state index is 16.9. The second kappa shape index (κ2) is 10.7. The van der Waals surface area contributed by atoms with Crippen LogP contribution < -0.4 is 17.0 Å². The van der Waals surface area contributed by atoms with Crippen molar-refractivity contribution in [2.75, 3.05) is 31.3 Å². The van der Waals surface area contributed by atoms with E-state index in [1.807, 2.05) is 0 Å². The number of ether oxygens (including phenoxy) is 2. The zero-order valence-electron chi connectivity index (χ0n) is 22.1. The van der Waals surface area contributed by atoms with E-state index >= 15 is 4.39 Å². The first-order valence-corrected chi connectivity index (χ1v) is 18.2. The molecule has 8 atom stereocenters. The van der Waals surface area contributed by atoms with Crippen molar-refractivity contribution in [1.29, 1.82) is 0 Å². The summed E-state index contributed by atoms with van der Waals surface area (Å²) in [6.45, 7) is -10.2. The SMILES string of the molecule is Nc1nc2c(ncn2[C@@H]2O[C@@H]3COP(=O)(S)O[C@H]4[C@@H](COP(=O)(S)O[C@@H]2C3)OC[C@@]4(F)n2cnc3c(N)ncnc32)c(=O)[nH]1. The van der Waals surface area contributed by atoms with Gasteiger partial charge < -0.3 is 20.9 Å². The molecule has 44 heavy (non-hydrogen) atoms. The lowest BCUT2D eigenvalue weighted by atomic mass is 10.1. The van der Waals surface area contributed by atoms with E-state index in [4.69, 9.17) is 39.0 Å². The van der Waals surface area contributed by atoms with E-state index in [1.165, 1.54) is 10.9 Å². The molecule has 2 bridgehead atoms. The number of thiol groups is 2. The molecule has 3 aliphatic heterocycles. The third kappa shape index (κ3) is 5.21. The van der Waals surface area contributed by atoms with E-state index in [0.717, 1.165) is 17.2 Å². The number of nitrogens with zero attached hydrogens (tertiary/aromatic N) is 7. The van der Waals surface area contributed by atoms with Gasteiger partial charge in [-0.1, -0.05) is 24.5 Å². The topological polar surface area (TPSA) is 249 Å². The number of H-pyrrole nitrogens is 1. The van der Waals surface area contributed by atoms with Gasteiger partial charge in [-0.25, -0.2) is 33.5 Å². The Morgan fingerprint density at radius 2 is 1.75 bits per heavy atom. The fourth-order valence-electron chi connectivity index (χ4n) is 5.31. The minimum absolute atomic E-state index is 0.00599. The number of halogens is 1.